The number of nitrogens with zero attached hydrogens (tertiary/aromatic N) is 1. The molecule has 3 aromatic rings. The summed E-state index contributed by atoms with van der Waals surface area (Å²) >= 11 is 0. The fourth-order valence-electron chi connectivity index (χ4n) is 3.73. The molecule has 0 radical (unpaired) electrons. The van der Waals surface area contributed by atoms with Crippen molar-refractivity contribution in [2.24, 2.45) is 0 Å². The van der Waals surface area contributed by atoms with Crippen LogP contribution in [0, 0.1) is 0 Å². The third-order valence-electron chi connectivity index (χ3n) is 5.27. The highest BCUT2D eigenvalue weighted by molar-refractivity contribution is 6.01. The van der Waals surface area contributed by atoms with E-state index in [9.17, 15) is 14.4 Å². The molecule has 2 heterocycles. The van der Waals surface area contributed by atoms with Crippen molar-refractivity contribution in [2.75, 3.05) is 16.8 Å². The van der Waals surface area contributed by atoms with Crippen molar-refractivity contribution < 1.29 is 18.8 Å². The fourth-order valence-corrected chi connectivity index (χ4v) is 3.73. The molecule has 0 bridgehead atoms. The molecule has 7 nitrogen and oxygen atoms in total. The van der Waals surface area contributed by atoms with Crippen LogP contribution < -0.4 is 15.5 Å². The molecule has 1 aromatic heterocycles. The Hall–Kier alpha value is -3.87. The van der Waals surface area contributed by atoms with Gasteiger partial charge in [0.15, 0.2) is 5.76 Å². The summed E-state index contributed by atoms with van der Waals surface area (Å²) < 4.78 is 5.15. The SMILES string of the molecule is CC(=O)N1CCc2cc(NC(=O)C(Cc3ccccc3)NC(=O)c3ccco3)ccc21. The number of fused-ring (bicyclic) bond motifs is 1. The first-order valence-electron chi connectivity index (χ1n) is 10.1. The monoisotopic (exact) mass is 417 g/mol. The van der Waals surface area contributed by atoms with E-state index in [1.165, 1.54) is 6.26 Å². The lowest BCUT2D eigenvalue weighted by Gasteiger charge is -2.19. The first-order chi connectivity index (χ1) is 15.0. The normalized spacial score (nSPS) is 13.4. The van der Waals surface area contributed by atoms with E-state index in [2.05, 4.69) is 10.6 Å². The summed E-state index contributed by atoms with van der Waals surface area (Å²) in [7, 11) is 0. The van der Waals surface area contributed by atoms with Gasteiger partial charge in [-0.25, -0.2) is 0 Å². The first kappa shape index (κ1) is 20.4. The van der Waals surface area contributed by atoms with Crippen LogP contribution >= 0.6 is 0 Å². The van der Waals surface area contributed by atoms with Crippen LogP contribution in [-0.2, 0) is 22.4 Å². The summed E-state index contributed by atoms with van der Waals surface area (Å²) in [6.07, 6.45) is 2.49. The predicted molar refractivity (Wildman–Crippen MR) is 117 cm³/mol. The summed E-state index contributed by atoms with van der Waals surface area (Å²) in [6.45, 7) is 2.18. The standard InChI is InChI=1S/C24H23N3O4/c1-16(28)27-12-11-18-15-19(9-10-21(18)27)25-23(29)20(14-17-6-3-2-4-7-17)26-24(30)22-8-5-13-31-22/h2-10,13,15,20H,11-12,14H2,1H3,(H,25,29)(H,26,30). The van der Waals surface area contributed by atoms with Gasteiger partial charge in [-0.2, -0.15) is 0 Å². The maximum Gasteiger partial charge on any atom is 0.287 e. The Bertz CT molecular complexity index is 1090. The lowest BCUT2D eigenvalue weighted by atomic mass is 10.0. The van der Waals surface area contributed by atoms with Crippen LogP contribution in [0.4, 0.5) is 11.4 Å². The van der Waals surface area contributed by atoms with E-state index >= 15 is 0 Å². The smallest absolute Gasteiger partial charge is 0.287 e. The van der Waals surface area contributed by atoms with Crippen molar-refractivity contribution in [1.82, 2.24) is 5.32 Å². The third-order valence-corrected chi connectivity index (χ3v) is 5.27. The van der Waals surface area contributed by atoms with E-state index in [1.54, 1.807) is 30.0 Å². The molecule has 7 heteroatoms. The third kappa shape index (κ3) is 4.66. The summed E-state index contributed by atoms with van der Waals surface area (Å²) in [5.41, 5.74) is 3.43. The van der Waals surface area contributed by atoms with Gasteiger partial charge in [-0.05, 0) is 47.9 Å². The Kier molecular flexibility index (Phi) is 5.84. The number of hydrogen-bond donors (Lipinski definition) is 2. The van der Waals surface area contributed by atoms with E-state index in [0.717, 1.165) is 23.2 Å². The second-order valence-corrected chi connectivity index (χ2v) is 7.45. The van der Waals surface area contributed by atoms with Gasteiger partial charge in [-0.15, -0.1) is 0 Å². The van der Waals surface area contributed by atoms with Crippen molar-refractivity contribution in [3.63, 3.8) is 0 Å². The van der Waals surface area contributed by atoms with Crippen LogP contribution in [0.25, 0.3) is 0 Å². The van der Waals surface area contributed by atoms with Crippen LogP contribution in [0.5, 0.6) is 0 Å². The van der Waals surface area contributed by atoms with Gasteiger partial charge in [0.25, 0.3) is 5.91 Å². The zero-order valence-corrected chi connectivity index (χ0v) is 17.1. The lowest BCUT2D eigenvalue weighted by molar-refractivity contribution is -0.118. The van der Waals surface area contributed by atoms with Crippen molar-refractivity contribution in [2.45, 2.75) is 25.8 Å². The lowest BCUT2D eigenvalue weighted by Crippen LogP contribution is -2.45. The Labute approximate surface area is 180 Å². The minimum atomic E-state index is -0.790. The van der Waals surface area contributed by atoms with Crippen LogP contribution in [0.2, 0.25) is 0 Å². The van der Waals surface area contributed by atoms with Crippen molar-refractivity contribution in [3.05, 3.63) is 83.8 Å². The average Bonchev–Trinajstić information content (AvgIpc) is 3.44. The predicted octanol–water partition coefficient (Wildman–Crippen LogP) is 3.17. The van der Waals surface area contributed by atoms with Crippen LogP contribution in [-0.4, -0.2) is 30.3 Å². The molecule has 0 fully saturated rings. The zero-order valence-electron chi connectivity index (χ0n) is 17.1. The number of rotatable bonds is 6. The van der Waals surface area contributed by atoms with Crippen molar-refractivity contribution in [3.8, 4) is 0 Å². The topological polar surface area (TPSA) is 91.7 Å². The molecule has 158 valence electrons. The molecule has 0 spiro atoms. The fraction of sp³-hybridized carbons (Fsp3) is 0.208. The molecule has 3 amide bonds. The molecule has 0 saturated heterocycles. The second kappa shape index (κ2) is 8.87. The molecule has 4 rings (SSSR count). The maximum absolute atomic E-state index is 13.1. The number of amides is 3. The van der Waals surface area contributed by atoms with Crippen LogP contribution in [0.3, 0.4) is 0 Å². The van der Waals surface area contributed by atoms with E-state index < -0.39 is 11.9 Å². The molecule has 31 heavy (non-hydrogen) atoms. The first-order valence-corrected chi connectivity index (χ1v) is 10.1. The van der Waals surface area contributed by atoms with Gasteiger partial charge >= 0.3 is 0 Å². The number of carbonyl (C=O) groups is 3. The Morgan fingerprint density at radius 3 is 2.58 bits per heavy atom. The van der Waals surface area contributed by atoms with Crippen LogP contribution in [0.1, 0.15) is 28.6 Å². The van der Waals surface area contributed by atoms with E-state index in [0.29, 0.717) is 18.7 Å². The number of carbonyl (C=O) groups excluding carboxylic acids is 3. The molecule has 1 unspecified atom stereocenters. The Morgan fingerprint density at radius 1 is 1.06 bits per heavy atom. The average molecular weight is 417 g/mol. The molecule has 0 aliphatic carbocycles. The van der Waals surface area contributed by atoms with Gasteiger partial charge in [-0.1, -0.05) is 30.3 Å². The van der Waals surface area contributed by atoms with Gasteiger partial charge in [0.1, 0.15) is 6.04 Å². The molecule has 2 N–H and O–H groups in total. The molecular weight excluding hydrogens is 394 g/mol. The number of anilines is 2. The highest BCUT2D eigenvalue weighted by Gasteiger charge is 2.25. The number of hydrogen-bond acceptors (Lipinski definition) is 4. The number of nitrogens with one attached hydrogen (secondary N) is 2. The minimum Gasteiger partial charge on any atom is -0.459 e. The zero-order chi connectivity index (χ0) is 21.8. The van der Waals surface area contributed by atoms with Gasteiger partial charge in [0.2, 0.25) is 11.8 Å². The van der Waals surface area contributed by atoms with Gasteiger partial charge in [-0.3, -0.25) is 14.4 Å². The highest BCUT2D eigenvalue weighted by atomic mass is 16.3. The van der Waals surface area contributed by atoms with E-state index in [1.807, 2.05) is 42.5 Å². The highest BCUT2D eigenvalue weighted by Crippen LogP contribution is 2.30. The second-order valence-electron chi connectivity index (χ2n) is 7.45. The molecule has 0 saturated carbocycles. The summed E-state index contributed by atoms with van der Waals surface area (Å²) in [5.74, 6) is -0.635. The summed E-state index contributed by atoms with van der Waals surface area (Å²) in [4.78, 5) is 39.0. The van der Waals surface area contributed by atoms with Crippen LogP contribution in [0.15, 0.2) is 71.3 Å². The van der Waals surface area contributed by atoms with Crippen molar-refractivity contribution >= 4 is 29.1 Å². The minimum absolute atomic E-state index is 0.000834. The van der Waals surface area contributed by atoms with Gasteiger partial charge in [0, 0.05) is 31.3 Å². The Balaban J connectivity index is 1.51. The summed E-state index contributed by atoms with van der Waals surface area (Å²) in [6, 6.07) is 17.4. The maximum atomic E-state index is 13.1. The number of furan rings is 1. The van der Waals surface area contributed by atoms with E-state index in [-0.39, 0.29) is 17.6 Å². The summed E-state index contributed by atoms with van der Waals surface area (Å²) in [5, 5.41) is 5.66. The molecule has 1 aliphatic rings. The quantitative estimate of drug-likeness (QED) is 0.645. The molecular formula is C24H23N3O4. The van der Waals surface area contributed by atoms with Crippen molar-refractivity contribution in [1.29, 1.82) is 0 Å². The Morgan fingerprint density at radius 2 is 1.87 bits per heavy atom. The molecule has 1 atom stereocenters. The molecule has 2 aromatic carbocycles. The molecule has 1 aliphatic heterocycles. The largest absolute Gasteiger partial charge is 0.459 e. The number of benzene rings is 2. The van der Waals surface area contributed by atoms with Gasteiger partial charge < -0.3 is 20.0 Å². The van der Waals surface area contributed by atoms with Gasteiger partial charge in [0.05, 0.1) is 6.26 Å². The van der Waals surface area contributed by atoms with E-state index in [4.69, 9.17) is 4.42 Å².